The van der Waals surface area contributed by atoms with Gasteiger partial charge in [0.05, 0.1) is 6.04 Å². The zero-order valence-electron chi connectivity index (χ0n) is 9.44. The molecule has 82 valence electrons. The number of benzene rings is 1. The molecule has 1 atom stereocenters. The number of para-hydroxylation sites is 1. The highest BCUT2D eigenvalue weighted by molar-refractivity contribution is 5.57. The van der Waals surface area contributed by atoms with E-state index in [1.807, 2.05) is 18.7 Å². The van der Waals surface area contributed by atoms with Gasteiger partial charge in [-0.25, -0.2) is 4.98 Å². The molecule has 1 N–H and O–H groups in total. The van der Waals surface area contributed by atoms with E-state index in [1.54, 1.807) is 0 Å². The molecule has 1 aromatic heterocycles. The summed E-state index contributed by atoms with van der Waals surface area (Å²) in [6.07, 6.45) is 0.988. The van der Waals surface area contributed by atoms with Crippen LogP contribution in [-0.2, 0) is 13.5 Å². The van der Waals surface area contributed by atoms with Gasteiger partial charge in [-0.15, -0.1) is 0 Å². The molecule has 0 saturated carbocycles. The highest BCUT2D eigenvalue weighted by Crippen LogP contribution is 2.32. The normalized spacial score (nSPS) is 18.2. The summed E-state index contributed by atoms with van der Waals surface area (Å²) in [5.41, 5.74) is 2.57. The molecule has 1 unspecified atom stereocenters. The summed E-state index contributed by atoms with van der Waals surface area (Å²) in [4.78, 5) is 4.46. The largest absolute Gasteiger partial charge is 0.375 e. The number of rotatable bonds is 1. The molecule has 0 aliphatic carbocycles. The summed E-state index contributed by atoms with van der Waals surface area (Å²) >= 11 is 0. The molecular weight excluding hydrogens is 200 g/mol. The third-order valence-corrected chi connectivity index (χ3v) is 2.99. The van der Waals surface area contributed by atoms with E-state index in [-0.39, 0.29) is 6.04 Å². The Morgan fingerprint density at radius 3 is 2.88 bits per heavy atom. The fourth-order valence-electron chi connectivity index (χ4n) is 2.29. The van der Waals surface area contributed by atoms with E-state index in [2.05, 4.69) is 39.7 Å². The summed E-state index contributed by atoms with van der Waals surface area (Å²) in [5.74, 6) is 1.84. The second kappa shape index (κ2) is 3.33. The summed E-state index contributed by atoms with van der Waals surface area (Å²) in [7, 11) is 1.94. The third kappa shape index (κ3) is 1.38. The van der Waals surface area contributed by atoms with Crippen molar-refractivity contribution in [3.8, 4) is 0 Å². The van der Waals surface area contributed by atoms with E-state index >= 15 is 0 Å². The number of aromatic nitrogens is 3. The number of aryl methyl sites for hydroxylation is 2. The molecule has 16 heavy (non-hydrogen) atoms. The molecule has 0 radical (unpaired) electrons. The van der Waals surface area contributed by atoms with Gasteiger partial charge in [0.25, 0.3) is 0 Å². The smallest absolute Gasteiger partial charge is 0.149 e. The third-order valence-electron chi connectivity index (χ3n) is 2.99. The van der Waals surface area contributed by atoms with E-state index in [0.717, 1.165) is 18.1 Å². The molecule has 0 fully saturated rings. The minimum atomic E-state index is 0.253. The molecule has 0 spiro atoms. The van der Waals surface area contributed by atoms with Crippen molar-refractivity contribution in [2.45, 2.75) is 19.4 Å². The van der Waals surface area contributed by atoms with Crippen molar-refractivity contribution >= 4 is 5.69 Å². The van der Waals surface area contributed by atoms with Gasteiger partial charge < -0.3 is 5.32 Å². The van der Waals surface area contributed by atoms with Crippen LogP contribution in [0.15, 0.2) is 24.3 Å². The zero-order chi connectivity index (χ0) is 11.1. The molecule has 2 aromatic rings. The fourth-order valence-corrected chi connectivity index (χ4v) is 2.29. The monoisotopic (exact) mass is 214 g/mol. The lowest BCUT2D eigenvalue weighted by Gasteiger charge is -2.09. The van der Waals surface area contributed by atoms with Gasteiger partial charge in [-0.1, -0.05) is 18.2 Å². The maximum Gasteiger partial charge on any atom is 0.149 e. The molecule has 0 bridgehead atoms. The van der Waals surface area contributed by atoms with Gasteiger partial charge in [0.1, 0.15) is 11.6 Å². The van der Waals surface area contributed by atoms with Crippen LogP contribution in [0, 0.1) is 6.92 Å². The van der Waals surface area contributed by atoms with Crippen molar-refractivity contribution in [2.75, 3.05) is 5.32 Å². The van der Waals surface area contributed by atoms with E-state index in [0.29, 0.717) is 0 Å². The molecule has 4 nitrogen and oxygen atoms in total. The van der Waals surface area contributed by atoms with Crippen molar-refractivity contribution in [2.24, 2.45) is 7.05 Å². The maximum atomic E-state index is 4.46. The van der Waals surface area contributed by atoms with Crippen molar-refractivity contribution in [3.05, 3.63) is 41.5 Å². The first kappa shape index (κ1) is 9.39. The number of nitrogens with zero attached hydrogens (tertiary/aromatic N) is 3. The first-order valence-electron chi connectivity index (χ1n) is 5.46. The van der Waals surface area contributed by atoms with Gasteiger partial charge in [0, 0.05) is 19.2 Å². The van der Waals surface area contributed by atoms with E-state index in [9.17, 15) is 0 Å². The maximum absolute atomic E-state index is 4.46. The lowest BCUT2D eigenvalue weighted by Crippen LogP contribution is -2.12. The quantitative estimate of drug-likeness (QED) is 0.787. The molecule has 1 aliphatic rings. The SMILES string of the molecule is Cc1nc(C2Cc3ccccc3N2)n(C)n1. The van der Waals surface area contributed by atoms with Crippen molar-refractivity contribution in [1.82, 2.24) is 14.8 Å². The lowest BCUT2D eigenvalue weighted by molar-refractivity contribution is 0.644. The Kier molecular flexibility index (Phi) is 1.96. The molecule has 2 heterocycles. The average Bonchev–Trinajstić information content (AvgIpc) is 2.81. The first-order valence-corrected chi connectivity index (χ1v) is 5.46. The second-order valence-electron chi connectivity index (χ2n) is 4.20. The first-order chi connectivity index (χ1) is 7.74. The van der Waals surface area contributed by atoms with Crippen LogP contribution < -0.4 is 5.32 Å². The predicted octanol–water partition coefficient (Wildman–Crippen LogP) is 1.83. The summed E-state index contributed by atoms with van der Waals surface area (Å²) in [6, 6.07) is 8.65. The second-order valence-corrected chi connectivity index (χ2v) is 4.20. The van der Waals surface area contributed by atoms with Gasteiger partial charge in [-0.3, -0.25) is 4.68 Å². The number of anilines is 1. The Labute approximate surface area is 94.3 Å². The van der Waals surface area contributed by atoms with Crippen LogP contribution >= 0.6 is 0 Å². The Bertz CT molecular complexity index is 505. The van der Waals surface area contributed by atoms with E-state index < -0.39 is 0 Å². The number of fused-ring (bicyclic) bond motifs is 1. The van der Waals surface area contributed by atoms with Gasteiger partial charge in [-0.2, -0.15) is 5.10 Å². The average molecular weight is 214 g/mol. The summed E-state index contributed by atoms with van der Waals surface area (Å²) in [6.45, 7) is 1.92. The lowest BCUT2D eigenvalue weighted by atomic mass is 10.1. The minimum absolute atomic E-state index is 0.253. The Morgan fingerprint density at radius 2 is 2.19 bits per heavy atom. The molecule has 3 rings (SSSR count). The Morgan fingerprint density at radius 1 is 1.38 bits per heavy atom. The summed E-state index contributed by atoms with van der Waals surface area (Å²) < 4.78 is 1.86. The van der Waals surface area contributed by atoms with Crippen LogP contribution in [0.25, 0.3) is 0 Å². The van der Waals surface area contributed by atoms with Crippen molar-refractivity contribution in [1.29, 1.82) is 0 Å². The topological polar surface area (TPSA) is 42.7 Å². The number of hydrogen-bond donors (Lipinski definition) is 1. The van der Waals surface area contributed by atoms with Gasteiger partial charge in [-0.05, 0) is 18.6 Å². The van der Waals surface area contributed by atoms with Gasteiger partial charge >= 0.3 is 0 Å². The van der Waals surface area contributed by atoms with Crippen LogP contribution in [0.2, 0.25) is 0 Å². The highest BCUT2D eigenvalue weighted by atomic mass is 15.3. The predicted molar refractivity (Wildman–Crippen MR) is 62.2 cm³/mol. The minimum Gasteiger partial charge on any atom is -0.375 e. The van der Waals surface area contributed by atoms with Crippen LogP contribution in [0.1, 0.15) is 23.3 Å². The van der Waals surface area contributed by atoms with E-state index in [4.69, 9.17) is 0 Å². The van der Waals surface area contributed by atoms with E-state index in [1.165, 1.54) is 11.3 Å². The Hall–Kier alpha value is -1.84. The number of nitrogens with one attached hydrogen (secondary N) is 1. The number of hydrogen-bond acceptors (Lipinski definition) is 3. The van der Waals surface area contributed by atoms with Gasteiger partial charge in [0.15, 0.2) is 0 Å². The van der Waals surface area contributed by atoms with Crippen molar-refractivity contribution in [3.63, 3.8) is 0 Å². The molecule has 1 aromatic carbocycles. The molecule has 0 saturated heterocycles. The van der Waals surface area contributed by atoms with Gasteiger partial charge in [0.2, 0.25) is 0 Å². The van der Waals surface area contributed by atoms with Crippen LogP contribution in [0.3, 0.4) is 0 Å². The van der Waals surface area contributed by atoms with Crippen LogP contribution in [-0.4, -0.2) is 14.8 Å². The Balaban J connectivity index is 1.94. The molecule has 1 aliphatic heterocycles. The fraction of sp³-hybridized carbons (Fsp3) is 0.333. The zero-order valence-corrected chi connectivity index (χ0v) is 9.44. The van der Waals surface area contributed by atoms with Crippen molar-refractivity contribution < 1.29 is 0 Å². The molecular formula is C12H14N4. The molecule has 0 amide bonds. The van der Waals surface area contributed by atoms with Crippen LogP contribution in [0.5, 0.6) is 0 Å². The van der Waals surface area contributed by atoms with Crippen LogP contribution in [0.4, 0.5) is 5.69 Å². The highest BCUT2D eigenvalue weighted by Gasteiger charge is 2.25. The standard InChI is InChI=1S/C12H14N4/c1-8-13-12(16(2)15-8)11-7-9-5-3-4-6-10(9)14-11/h3-6,11,14H,7H2,1-2H3. The summed E-state index contributed by atoms with van der Waals surface area (Å²) in [5, 5.41) is 7.77. The molecule has 4 heteroatoms.